The van der Waals surface area contributed by atoms with Gasteiger partial charge in [-0.05, 0) is 32.4 Å². The number of hydrogen-bond acceptors (Lipinski definition) is 11. The minimum Gasteiger partial charge on any atom is -0.480 e. The van der Waals surface area contributed by atoms with Gasteiger partial charge in [-0.1, -0.05) is 13.8 Å². The summed E-state index contributed by atoms with van der Waals surface area (Å²) in [5.74, 6) is -4.02. The number of rotatable bonds is 8. The van der Waals surface area contributed by atoms with E-state index in [1.165, 1.54) is 7.11 Å². The number of nitrogens with two attached hydrogens (primary N) is 1. The highest BCUT2D eigenvalue weighted by atomic mass is 32.1. The zero-order valence-electron chi connectivity index (χ0n) is 27.1. The van der Waals surface area contributed by atoms with Crippen molar-refractivity contribution in [2.24, 2.45) is 11.3 Å². The van der Waals surface area contributed by atoms with Crippen molar-refractivity contribution in [2.75, 3.05) is 57.1 Å². The summed E-state index contributed by atoms with van der Waals surface area (Å²) in [6.45, 7) is 6.18. The van der Waals surface area contributed by atoms with Crippen molar-refractivity contribution in [1.29, 1.82) is 5.26 Å². The number of hydrogen-bond donors (Lipinski definition) is 2. The second-order valence-electron chi connectivity index (χ2n) is 13.3. The lowest BCUT2D eigenvalue weighted by Gasteiger charge is -2.45. The zero-order chi connectivity index (χ0) is 34.8. The molecule has 0 aliphatic carbocycles. The van der Waals surface area contributed by atoms with E-state index in [-0.39, 0.29) is 74.4 Å². The molecule has 3 saturated heterocycles. The van der Waals surface area contributed by atoms with Crippen molar-refractivity contribution in [2.45, 2.75) is 51.6 Å². The summed E-state index contributed by atoms with van der Waals surface area (Å²) < 4.78 is 87.8. The van der Waals surface area contributed by atoms with Crippen LogP contribution in [0.3, 0.4) is 0 Å². The van der Waals surface area contributed by atoms with Crippen LogP contribution in [0, 0.1) is 40.1 Å². The fourth-order valence-corrected chi connectivity index (χ4v) is 8.64. The first-order chi connectivity index (χ1) is 23.5. The van der Waals surface area contributed by atoms with E-state index in [0.717, 1.165) is 24.2 Å². The molecule has 6 heterocycles. The molecule has 3 aliphatic rings. The predicted octanol–water partition coefficient (Wildman–Crippen LogP) is 5.72. The predicted molar refractivity (Wildman–Crippen MR) is 176 cm³/mol. The molecule has 0 amide bonds. The van der Waals surface area contributed by atoms with Crippen molar-refractivity contribution in [1.82, 2.24) is 25.2 Å². The number of nitrogens with one attached hydrogen (secondary N) is 1. The number of aromatic nitrogens is 3. The van der Waals surface area contributed by atoms with Gasteiger partial charge in [0.1, 0.15) is 45.1 Å². The Morgan fingerprint density at radius 2 is 1.86 bits per heavy atom. The van der Waals surface area contributed by atoms with Crippen LogP contribution in [0.1, 0.15) is 38.7 Å². The normalized spacial score (nSPS) is 24.2. The molecule has 3 N–H and O–H groups in total. The molecule has 1 aromatic carbocycles. The summed E-state index contributed by atoms with van der Waals surface area (Å²) in [5.41, 5.74) is 3.43. The number of thiophene rings is 1. The number of fused-ring (bicyclic) bond motifs is 4. The monoisotopic (exact) mass is 702 g/mol. The van der Waals surface area contributed by atoms with Crippen LogP contribution in [0.15, 0.2) is 6.07 Å². The third-order valence-corrected chi connectivity index (χ3v) is 11.2. The molecule has 4 atom stereocenters. The number of anilines is 2. The lowest BCUT2D eigenvalue weighted by molar-refractivity contribution is -0.0721. The van der Waals surface area contributed by atoms with Crippen LogP contribution in [-0.2, 0) is 0 Å². The van der Waals surface area contributed by atoms with E-state index in [2.05, 4.69) is 20.2 Å². The molecule has 2 bridgehead atoms. The fraction of sp³-hybridized carbons (Fsp3) is 0.515. The highest BCUT2D eigenvalue weighted by Crippen LogP contribution is 2.46. The number of likely N-dealkylation sites (tertiary alicyclic amines) is 1. The van der Waals surface area contributed by atoms with Gasteiger partial charge in [0.2, 0.25) is 12.3 Å². The van der Waals surface area contributed by atoms with Gasteiger partial charge in [-0.25, -0.2) is 26.9 Å². The van der Waals surface area contributed by atoms with E-state index in [4.69, 9.17) is 20.2 Å². The largest absolute Gasteiger partial charge is 0.480 e. The molecule has 4 aromatic rings. The highest BCUT2D eigenvalue weighted by molar-refractivity contribution is 7.23. The Bertz CT molecular complexity index is 1980. The van der Waals surface area contributed by atoms with Crippen LogP contribution in [0.4, 0.5) is 32.8 Å². The number of nitrogen functional groups attached to an aromatic ring is 1. The Labute approximate surface area is 283 Å². The molecule has 16 heteroatoms. The van der Waals surface area contributed by atoms with Gasteiger partial charge in [0.05, 0.1) is 24.0 Å². The number of benzene rings is 1. The molecule has 0 unspecified atom stereocenters. The van der Waals surface area contributed by atoms with Crippen LogP contribution in [0.25, 0.3) is 32.2 Å². The molecular formula is C33H35F5N8O2S. The molecule has 0 saturated carbocycles. The Hall–Kier alpha value is -4.07. The molecule has 0 spiro atoms. The number of methoxy groups -OCH3 is 1. The van der Waals surface area contributed by atoms with E-state index in [1.807, 2.05) is 17.9 Å². The molecule has 3 aromatic heterocycles. The van der Waals surface area contributed by atoms with E-state index in [9.17, 15) is 18.4 Å². The first kappa shape index (κ1) is 33.4. The van der Waals surface area contributed by atoms with Gasteiger partial charge in [0, 0.05) is 60.1 Å². The third kappa shape index (κ3) is 5.65. The van der Waals surface area contributed by atoms with E-state index < -0.39 is 46.5 Å². The maximum Gasteiger partial charge on any atom is 0.319 e. The molecular weight excluding hydrogens is 667 g/mol. The van der Waals surface area contributed by atoms with Crippen molar-refractivity contribution < 1.29 is 31.4 Å². The summed E-state index contributed by atoms with van der Waals surface area (Å²) in [5, 5.41) is 13.2. The summed E-state index contributed by atoms with van der Waals surface area (Å²) in [4.78, 5) is 17.5. The molecule has 49 heavy (non-hydrogen) atoms. The van der Waals surface area contributed by atoms with Crippen molar-refractivity contribution in [3.63, 3.8) is 0 Å². The van der Waals surface area contributed by atoms with Gasteiger partial charge < -0.3 is 30.3 Å². The Morgan fingerprint density at radius 1 is 1.12 bits per heavy atom. The van der Waals surface area contributed by atoms with Crippen LogP contribution in [0.2, 0.25) is 0 Å². The third-order valence-electron chi connectivity index (χ3n) is 10.2. The average Bonchev–Trinajstić information content (AvgIpc) is 3.60. The minimum absolute atomic E-state index is 0.0648. The second-order valence-corrected chi connectivity index (χ2v) is 14.3. The molecule has 10 nitrogen and oxygen atoms in total. The summed E-state index contributed by atoms with van der Waals surface area (Å²) in [7, 11) is 1.31. The van der Waals surface area contributed by atoms with Gasteiger partial charge >= 0.3 is 6.01 Å². The number of piperazine rings is 1. The highest BCUT2D eigenvalue weighted by Gasteiger charge is 2.45. The topological polar surface area (TPSA) is 125 Å². The summed E-state index contributed by atoms with van der Waals surface area (Å²) >= 11 is 0.737. The van der Waals surface area contributed by atoms with Crippen LogP contribution < -0.4 is 25.4 Å². The Balaban J connectivity index is 1.42. The maximum absolute atomic E-state index is 17.0. The lowest BCUT2D eigenvalue weighted by Crippen LogP contribution is -2.52. The number of ether oxygens (including phenoxy) is 2. The molecule has 3 fully saturated rings. The van der Waals surface area contributed by atoms with Crippen LogP contribution in [-0.4, -0.2) is 84.8 Å². The van der Waals surface area contributed by atoms with E-state index in [1.54, 1.807) is 6.92 Å². The Morgan fingerprint density at radius 3 is 2.51 bits per heavy atom. The summed E-state index contributed by atoms with van der Waals surface area (Å²) in [6.07, 6.45) is -0.407. The SMILES string of the molecule is CCN1CC[C@H](C(F)F)[C@](C)(COc2nc(N3C[C@H]4CC[C@@H](C3)N4)c3c(OC)nc(-c4c(F)cc(F)c5sc(N)c(C#N)c45)c(F)c3n2)C1. The van der Waals surface area contributed by atoms with Gasteiger partial charge in [-0.15, -0.1) is 11.3 Å². The molecule has 3 aliphatic heterocycles. The van der Waals surface area contributed by atoms with Crippen LogP contribution >= 0.6 is 11.3 Å². The molecule has 260 valence electrons. The fourth-order valence-electron chi connectivity index (χ4n) is 7.71. The van der Waals surface area contributed by atoms with Crippen molar-refractivity contribution in [3.05, 3.63) is 29.1 Å². The number of nitrogens with zero attached hydrogens (tertiary/aromatic N) is 6. The zero-order valence-corrected chi connectivity index (χ0v) is 27.9. The average molecular weight is 703 g/mol. The number of alkyl halides is 2. The van der Waals surface area contributed by atoms with Crippen molar-refractivity contribution >= 4 is 43.1 Å². The second kappa shape index (κ2) is 12.7. The quantitative estimate of drug-likeness (QED) is 0.220. The number of pyridine rings is 1. The first-order valence-electron chi connectivity index (χ1n) is 16.2. The lowest BCUT2D eigenvalue weighted by atomic mass is 9.73. The number of halogens is 5. The van der Waals surface area contributed by atoms with Gasteiger partial charge in [-0.2, -0.15) is 15.2 Å². The van der Waals surface area contributed by atoms with E-state index in [0.29, 0.717) is 38.8 Å². The summed E-state index contributed by atoms with van der Waals surface area (Å²) in [6, 6.07) is 2.51. The minimum atomic E-state index is -2.57. The van der Waals surface area contributed by atoms with Gasteiger partial charge in [0.15, 0.2) is 5.82 Å². The van der Waals surface area contributed by atoms with Gasteiger partial charge in [0.25, 0.3) is 0 Å². The van der Waals surface area contributed by atoms with Crippen molar-refractivity contribution in [3.8, 4) is 29.2 Å². The van der Waals surface area contributed by atoms with Crippen LogP contribution in [0.5, 0.6) is 11.9 Å². The first-order valence-corrected chi connectivity index (χ1v) is 17.0. The Kier molecular flexibility index (Phi) is 8.65. The number of piperidine rings is 1. The standard InChI is InChI=1S/C33H35F5N8O2S/c1-4-45-8-7-18(28(37)38)33(2,13-45)14-48-32-43-26-23(30(44-32)46-11-15-5-6-16(12-46)41-15)31(47-3)42-25(24(26)36)22-19(34)9-20(35)27-21(22)17(10-39)29(40)49-27/h9,15-16,18,28,41H,4-8,11-14,40H2,1-3H3/t15-,16+,18-,33+/m1/s1. The molecule has 7 rings (SSSR count). The number of nitriles is 1. The maximum atomic E-state index is 17.0. The molecule has 0 radical (unpaired) electrons. The van der Waals surface area contributed by atoms with Gasteiger partial charge in [-0.3, -0.25) is 0 Å². The smallest absolute Gasteiger partial charge is 0.319 e. The van der Waals surface area contributed by atoms with E-state index >= 15 is 8.78 Å².